The molecule has 0 aliphatic heterocycles. The number of rotatable bonds is 8. The number of esters is 1. The zero-order valence-electron chi connectivity index (χ0n) is 18.7. The third-order valence-corrected chi connectivity index (χ3v) is 5.13. The van der Waals surface area contributed by atoms with Crippen molar-refractivity contribution in [3.05, 3.63) is 46.7 Å². The van der Waals surface area contributed by atoms with Gasteiger partial charge in [-0.15, -0.1) is 0 Å². The summed E-state index contributed by atoms with van der Waals surface area (Å²) in [4.78, 5) is 40.1. The lowest BCUT2D eigenvalue weighted by atomic mass is 10.00. The third kappa shape index (κ3) is 4.58. The highest BCUT2D eigenvalue weighted by Crippen LogP contribution is 2.26. The highest BCUT2D eigenvalue weighted by Gasteiger charge is 2.33. The van der Waals surface area contributed by atoms with Gasteiger partial charge in [-0.3, -0.25) is 4.79 Å². The van der Waals surface area contributed by atoms with Crippen LogP contribution in [0.2, 0.25) is 0 Å². The van der Waals surface area contributed by atoms with Crippen LogP contribution in [-0.4, -0.2) is 46.4 Å². The first-order valence-electron chi connectivity index (χ1n) is 10.1. The van der Waals surface area contributed by atoms with Crippen LogP contribution in [0.15, 0.2) is 22.8 Å². The van der Waals surface area contributed by atoms with Crippen LogP contribution in [-0.2, 0) is 17.8 Å². The number of carbonyl (C=O) groups excluding carboxylic acids is 3. The van der Waals surface area contributed by atoms with Crippen molar-refractivity contribution in [3.63, 3.8) is 0 Å². The number of nitrogens with one attached hydrogen (secondary N) is 1. The van der Waals surface area contributed by atoms with Crippen LogP contribution in [0.5, 0.6) is 0 Å². The smallest absolute Gasteiger partial charge is 0.354 e. The van der Waals surface area contributed by atoms with E-state index in [4.69, 9.17) is 9.15 Å². The number of urea groups is 1. The molecule has 8 nitrogen and oxygen atoms in total. The molecule has 0 saturated heterocycles. The van der Waals surface area contributed by atoms with Crippen LogP contribution in [0.1, 0.15) is 65.6 Å². The molecule has 30 heavy (non-hydrogen) atoms. The van der Waals surface area contributed by atoms with Gasteiger partial charge in [0.2, 0.25) is 0 Å². The van der Waals surface area contributed by atoms with Crippen molar-refractivity contribution >= 4 is 17.8 Å². The van der Waals surface area contributed by atoms with E-state index >= 15 is 0 Å². The lowest BCUT2D eigenvalue weighted by molar-refractivity contribution is 0.0587. The summed E-state index contributed by atoms with van der Waals surface area (Å²) >= 11 is 0. The van der Waals surface area contributed by atoms with E-state index < -0.39 is 12.0 Å². The molecule has 0 aromatic carbocycles. The van der Waals surface area contributed by atoms with Gasteiger partial charge >= 0.3 is 12.0 Å². The second-order valence-electron chi connectivity index (χ2n) is 7.52. The number of furan rings is 1. The molecule has 1 atom stereocenters. The largest absolute Gasteiger partial charge is 0.467 e. The molecule has 2 heterocycles. The molecule has 0 bridgehead atoms. The third-order valence-electron chi connectivity index (χ3n) is 5.13. The SMILES string of the molecule is CCn1c(C)c(C(=O)C(C)N(Cc2ccco2)C(=O)NC(C)C)c(C)c1C(=O)OC. The Bertz CT molecular complexity index is 912. The van der Waals surface area contributed by atoms with Crippen LogP contribution in [0.3, 0.4) is 0 Å². The molecule has 0 aliphatic rings. The van der Waals surface area contributed by atoms with Crippen LogP contribution in [0.25, 0.3) is 0 Å². The Morgan fingerprint density at radius 1 is 1.23 bits per heavy atom. The zero-order valence-corrected chi connectivity index (χ0v) is 18.7. The molecule has 0 spiro atoms. The summed E-state index contributed by atoms with van der Waals surface area (Å²) in [7, 11) is 1.32. The van der Waals surface area contributed by atoms with Crippen molar-refractivity contribution in [2.75, 3.05) is 7.11 Å². The number of nitrogens with zero attached hydrogens (tertiary/aromatic N) is 2. The topological polar surface area (TPSA) is 93.8 Å². The fourth-order valence-electron chi connectivity index (χ4n) is 3.65. The molecular weight excluding hydrogens is 386 g/mol. The Kier molecular flexibility index (Phi) is 7.48. The van der Waals surface area contributed by atoms with Gasteiger partial charge in [0.1, 0.15) is 11.5 Å². The Balaban J connectivity index is 2.47. The first kappa shape index (κ1) is 23.3. The molecular formula is C22H31N3O5. The highest BCUT2D eigenvalue weighted by atomic mass is 16.5. The van der Waals surface area contributed by atoms with E-state index in [-0.39, 0.29) is 24.4 Å². The van der Waals surface area contributed by atoms with Gasteiger partial charge in [-0.2, -0.15) is 0 Å². The summed E-state index contributed by atoms with van der Waals surface area (Å²) in [5, 5.41) is 2.84. The maximum Gasteiger partial charge on any atom is 0.354 e. The molecule has 2 rings (SSSR count). The quantitative estimate of drug-likeness (QED) is 0.522. The average molecular weight is 418 g/mol. The van der Waals surface area contributed by atoms with E-state index in [0.29, 0.717) is 34.8 Å². The van der Waals surface area contributed by atoms with Gasteiger partial charge in [0.15, 0.2) is 5.78 Å². The number of amides is 2. The Morgan fingerprint density at radius 3 is 2.40 bits per heavy atom. The lowest BCUT2D eigenvalue weighted by Crippen LogP contribution is -2.49. The van der Waals surface area contributed by atoms with Crippen molar-refractivity contribution < 1.29 is 23.5 Å². The number of carbonyl (C=O) groups is 3. The van der Waals surface area contributed by atoms with Gasteiger partial charge in [-0.05, 0) is 59.2 Å². The summed E-state index contributed by atoms with van der Waals surface area (Å²) < 4.78 is 12.1. The molecule has 0 saturated carbocycles. The number of methoxy groups -OCH3 is 1. The van der Waals surface area contributed by atoms with Crippen molar-refractivity contribution in [2.24, 2.45) is 0 Å². The number of ether oxygens (including phenoxy) is 1. The lowest BCUT2D eigenvalue weighted by Gasteiger charge is -2.29. The predicted octanol–water partition coefficient (Wildman–Crippen LogP) is 3.70. The summed E-state index contributed by atoms with van der Waals surface area (Å²) in [5.74, 6) is -0.162. The van der Waals surface area contributed by atoms with E-state index in [1.807, 2.05) is 20.8 Å². The van der Waals surface area contributed by atoms with Crippen molar-refractivity contribution in [1.82, 2.24) is 14.8 Å². The number of Topliss-reactive ketones (excluding diaryl/α,β-unsaturated/α-hetero) is 1. The molecule has 2 aromatic heterocycles. The first-order chi connectivity index (χ1) is 14.1. The van der Waals surface area contributed by atoms with Gasteiger partial charge < -0.3 is 23.9 Å². The van der Waals surface area contributed by atoms with Gasteiger partial charge in [0.05, 0.1) is 26.0 Å². The fraction of sp³-hybridized carbons (Fsp3) is 0.500. The van der Waals surface area contributed by atoms with Gasteiger partial charge in [-0.25, -0.2) is 9.59 Å². The Morgan fingerprint density at radius 2 is 1.90 bits per heavy atom. The summed E-state index contributed by atoms with van der Waals surface area (Å²) in [5.41, 5.74) is 2.03. The van der Waals surface area contributed by atoms with Crippen molar-refractivity contribution in [2.45, 2.75) is 66.7 Å². The number of ketones is 1. The van der Waals surface area contributed by atoms with Gasteiger partial charge in [-0.1, -0.05) is 0 Å². The van der Waals surface area contributed by atoms with E-state index in [2.05, 4.69) is 5.32 Å². The monoisotopic (exact) mass is 417 g/mol. The molecule has 0 aliphatic carbocycles. The molecule has 1 N–H and O–H groups in total. The van der Waals surface area contributed by atoms with E-state index in [0.717, 1.165) is 0 Å². The van der Waals surface area contributed by atoms with Gasteiger partial charge in [0.25, 0.3) is 0 Å². The minimum Gasteiger partial charge on any atom is -0.467 e. The maximum atomic E-state index is 13.5. The zero-order chi connectivity index (χ0) is 22.6. The molecule has 1 unspecified atom stereocenters. The number of hydrogen-bond acceptors (Lipinski definition) is 5. The average Bonchev–Trinajstić information content (AvgIpc) is 3.29. The summed E-state index contributed by atoms with van der Waals surface area (Å²) in [6, 6.07) is 2.27. The number of hydrogen-bond donors (Lipinski definition) is 1. The van der Waals surface area contributed by atoms with E-state index in [9.17, 15) is 14.4 Å². The second-order valence-corrected chi connectivity index (χ2v) is 7.52. The van der Waals surface area contributed by atoms with E-state index in [1.165, 1.54) is 18.3 Å². The Hall–Kier alpha value is -3.03. The van der Waals surface area contributed by atoms with Crippen LogP contribution in [0.4, 0.5) is 4.79 Å². The van der Waals surface area contributed by atoms with Crippen LogP contribution >= 0.6 is 0 Å². The Labute approximate surface area is 177 Å². The second kappa shape index (κ2) is 9.65. The van der Waals surface area contributed by atoms with Crippen LogP contribution in [0, 0.1) is 13.8 Å². The molecule has 164 valence electrons. The molecule has 0 fully saturated rings. The maximum absolute atomic E-state index is 13.5. The molecule has 2 amide bonds. The minimum atomic E-state index is -0.774. The fourth-order valence-corrected chi connectivity index (χ4v) is 3.65. The highest BCUT2D eigenvalue weighted by molar-refractivity contribution is 6.06. The standard InChI is InChI=1S/C22H31N3O5/c1-8-24-15(5)18(14(4)19(24)21(27)29-7)20(26)16(6)25(22(28)23-13(2)3)12-17-10-9-11-30-17/h9-11,13,16H,8,12H2,1-7H3,(H,23,28). The normalized spacial score (nSPS) is 12.0. The molecule has 0 radical (unpaired) electrons. The van der Waals surface area contributed by atoms with Crippen molar-refractivity contribution in [3.8, 4) is 0 Å². The minimum absolute atomic E-state index is 0.0884. The predicted molar refractivity (Wildman–Crippen MR) is 113 cm³/mol. The first-order valence-corrected chi connectivity index (χ1v) is 10.1. The number of aromatic nitrogens is 1. The van der Waals surface area contributed by atoms with Crippen molar-refractivity contribution in [1.29, 1.82) is 0 Å². The summed E-state index contributed by atoms with van der Waals surface area (Å²) in [6.07, 6.45) is 1.53. The molecule has 2 aromatic rings. The van der Waals surface area contributed by atoms with Gasteiger partial charge in [0, 0.05) is 23.8 Å². The molecule has 8 heteroatoms. The van der Waals surface area contributed by atoms with E-state index in [1.54, 1.807) is 37.5 Å². The summed E-state index contributed by atoms with van der Waals surface area (Å²) in [6.45, 7) is 11.5. The van der Waals surface area contributed by atoms with Crippen LogP contribution < -0.4 is 5.32 Å².